The summed E-state index contributed by atoms with van der Waals surface area (Å²) in [5.41, 5.74) is -0.0122. The minimum absolute atomic E-state index is 0. The molecule has 5 heteroatoms. The Morgan fingerprint density at radius 3 is 2.36 bits per heavy atom. The second-order valence-corrected chi connectivity index (χ2v) is 2.33. The van der Waals surface area contributed by atoms with Crippen molar-refractivity contribution in [2.24, 2.45) is 0 Å². The van der Waals surface area contributed by atoms with E-state index in [1.54, 1.807) is 12.1 Å². The van der Waals surface area contributed by atoms with Gasteiger partial charge < -0.3 is 19.4 Å². The van der Waals surface area contributed by atoms with E-state index in [1.807, 2.05) is 0 Å². The fraction of sp³-hybridized carbons (Fsp3) is 0.222. The van der Waals surface area contributed by atoms with Gasteiger partial charge in [0.2, 0.25) is 0 Å². The maximum Gasteiger partial charge on any atom is 1.00 e. The summed E-state index contributed by atoms with van der Waals surface area (Å²) in [4.78, 5) is 10.6. The Hall–Kier alpha value is -0.710. The zero-order chi connectivity index (χ0) is 9.84. The van der Waals surface area contributed by atoms with E-state index in [0.717, 1.165) is 0 Å². The summed E-state index contributed by atoms with van der Waals surface area (Å²) < 4.78 is 9.79. The van der Waals surface area contributed by atoms with Crippen molar-refractivity contribution in [1.29, 1.82) is 0 Å². The predicted molar refractivity (Wildman–Crippen MR) is 43.9 cm³/mol. The van der Waals surface area contributed by atoms with Crippen molar-refractivity contribution < 1.29 is 48.9 Å². The van der Waals surface area contributed by atoms with Gasteiger partial charge in [0.05, 0.1) is 20.2 Å². The topological polar surface area (TPSA) is 58.6 Å². The first-order valence-electron chi connectivity index (χ1n) is 3.63. The molecule has 0 radical (unpaired) electrons. The molecule has 70 valence electrons. The van der Waals surface area contributed by atoms with Crippen molar-refractivity contribution in [2.75, 3.05) is 14.2 Å². The minimum Gasteiger partial charge on any atom is -0.545 e. The third-order valence-corrected chi connectivity index (χ3v) is 1.62. The molecule has 0 aliphatic heterocycles. The van der Waals surface area contributed by atoms with Crippen molar-refractivity contribution in [1.82, 2.24) is 0 Å². The standard InChI is InChI=1S/C9H10O4.Na/c1-12-7-5-3-4-6(9(10)11)8(7)13-2;/h3-5H,1-2H3,(H,10,11);/q;+1/p-1. The summed E-state index contributed by atoms with van der Waals surface area (Å²) in [5, 5.41) is 10.6. The minimum atomic E-state index is -1.28. The van der Waals surface area contributed by atoms with Crippen LogP contribution in [0.1, 0.15) is 10.4 Å². The Morgan fingerprint density at radius 1 is 1.29 bits per heavy atom. The van der Waals surface area contributed by atoms with Crippen LogP contribution in [0.4, 0.5) is 0 Å². The van der Waals surface area contributed by atoms with Gasteiger partial charge in [0.1, 0.15) is 0 Å². The number of carboxylic acids is 1. The SMILES string of the molecule is COc1cccc(C(=O)[O-])c1OC.[Na+]. The molecule has 4 nitrogen and oxygen atoms in total. The van der Waals surface area contributed by atoms with Crippen LogP contribution in [0.5, 0.6) is 11.5 Å². The number of carbonyl (C=O) groups excluding carboxylic acids is 1. The van der Waals surface area contributed by atoms with E-state index in [0.29, 0.717) is 5.75 Å². The van der Waals surface area contributed by atoms with E-state index < -0.39 is 5.97 Å². The van der Waals surface area contributed by atoms with Crippen LogP contribution < -0.4 is 44.1 Å². The Labute approximate surface area is 104 Å². The number of hydrogen-bond donors (Lipinski definition) is 0. The average Bonchev–Trinajstić information content (AvgIpc) is 2.16. The number of benzene rings is 1. The Balaban J connectivity index is 0.00000169. The molecule has 0 N–H and O–H groups in total. The summed E-state index contributed by atoms with van der Waals surface area (Å²) in [6.45, 7) is 0. The first-order chi connectivity index (χ1) is 6.20. The van der Waals surface area contributed by atoms with Gasteiger partial charge in [-0.3, -0.25) is 0 Å². The molecule has 0 spiro atoms. The van der Waals surface area contributed by atoms with Crippen LogP contribution in [0.3, 0.4) is 0 Å². The summed E-state index contributed by atoms with van der Waals surface area (Å²) in [6, 6.07) is 4.58. The zero-order valence-corrected chi connectivity index (χ0v) is 10.4. The van der Waals surface area contributed by atoms with Crippen molar-refractivity contribution >= 4 is 5.97 Å². The molecule has 14 heavy (non-hydrogen) atoms. The zero-order valence-electron chi connectivity index (χ0n) is 8.37. The van der Waals surface area contributed by atoms with Gasteiger partial charge in [0, 0.05) is 5.56 Å². The van der Waals surface area contributed by atoms with Gasteiger partial charge in [-0.05, 0) is 12.1 Å². The number of ether oxygens (including phenoxy) is 2. The number of rotatable bonds is 3. The van der Waals surface area contributed by atoms with Crippen LogP contribution in [0.15, 0.2) is 18.2 Å². The average molecular weight is 204 g/mol. The third kappa shape index (κ3) is 2.64. The van der Waals surface area contributed by atoms with Gasteiger partial charge in [-0.15, -0.1) is 0 Å². The Kier molecular flexibility index (Phi) is 5.60. The molecule has 0 saturated carbocycles. The number of hydrogen-bond acceptors (Lipinski definition) is 4. The smallest absolute Gasteiger partial charge is 0.545 e. The summed E-state index contributed by atoms with van der Waals surface area (Å²) in [5.74, 6) is -0.718. The van der Waals surface area contributed by atoms with Crippen LogP contribution >= 0.6 is 0 Å². The number of carbonyl (C=O) groups is 1. The largest absolute Gasteiger partial charge is 1.00 e. The van der Waals surface area contributed by atoms with Crippen molar-refractivity contribution in [3.8, 4) is 11.5 Å². The molecule has 1 rings (SSSR count). The fourth-order valence-corrected chi connectivity index (χ4v) is 1.05. The second kappa shape index (κ2) is 5.90. The van der Waals surface area contributed by atoms with E-state index in [2.05, 4.69) is 0 Å². The number of carboxylic acid groups (broad SMARTS) is 1. The summed E-state index contributed by atoms with van der Waals surface area (Å²) in [7, 11) is 2.82. The number of aromatic carboxylic acids is 1. The monoisotopic (exact) mass is 204 g/mol. The second-order valence-electron chi connectivity index (χ2n) is 2.33. The molecule has 0 aliphatic rings. The number of methoxy groups -OCH3 is 2. The van der Waals surface area contributed by atoms with Crippen molar-refractivity contribution in [3.05, 3.63) is 23.8 Å². The van der Waals surface area contributed by atoms with E-state index in [1.165, 1.54) is 20.3 Å². The summed E-state index contributed by atoms with van der Waals surface area (Å²) >= 11 is 0. The molecule has 0 atom stereocenters. The molecular weight excluding hydrogens is 195 g/mol. The summed E-state index contributed by atoms with van der Waals surface area (Å²) in [6.07, 6.45) is 0. The van der Waals surface area contributed by atoms with E-state index in [9.17, 15) is 9.90 Å². The van der Waals surface area contributed by atoms with Crippen molar-refractivity contribution in [3.63, 3.8) is 0 Å². The Bertz CT molecular complexity index is 325. The molecule has 1 aromatic rings. The van der Waals surface area contributed by atoms with E-state index in [4.69, 9.17) is 9.47 Å². The van der Waals surface area contributed by atoms with Gasteiger partial charge in [-0.2, -0.15) is 0 Å². The first kappa shape index (κ1) is 13.3. The van der Waals surface area contributed by atoms with Gasteiger partial charge in [-0.25, -0.2) is 0 Å². The van der Waals surface area contributed by atoms with Crippen molar-refractivity contribution in [2.45, 2.75) is 0 Å². The van der Waals surface area contributed by atoms with Gasteiger partial charge >= 0.3 is 29.6 Å². The first-order valence-corrected chi connectivity index (χ1v) is 3.63. The quantitative estimate of drug-likeness (QED) is 0.495. The molecule has 0 aliphatic carbocycles. The van der Waals surface area contributed by atoms with Crippen LogP contribution in [-0.2, 0) is 0 Å². The predicted octanol–water partition coefficient (Wildman–Crippen LogP) is -2.93. The molecule has 1 aromatic carbocycles. The third-order valence-electron chi connectivity index (χ3n) is 1.62. The van der Waals surface area contributed by atoms with Crippen LogP contribution in [-0.4, -0.2) is 20.2 Å². The van der Waals surface area contributed by atoms with Crippen LogP contribution in [0, 0.1) is 0 Å². The van der Waals surface area contributed by atoms with Crippen LogP contribution in [0.25, 0.3) is 0 Å². The molecule has 0 unspecified atom stereocenters. The molecule has 0 amide bonds. The fourth-order valence-electron chi connectivity index (χ4n) is 1.05. The molecule has 0 saturated heterocycles. The normalized spacial score (nSPS) is 8.71. The Morgan fingerprint density at radius 2 is 1.93 bits per heavy atom. The van der Waals surface area contributed by atoms with E-state index >= 15 is 0 Å². The molecule has 0 fully saturated rings. The molecule has 0 heterocycles. The molecule has 0 bridgehead atoms. The molecular formula is C9H9NaO4. The van der Waals surface area contributed by atoms with Gasteiger partial charge in [0.15, 0.2) is 11.5 Å². The van der Waals surface area contributed by atoms with Gasteiger partial charge in [-0.1, -0.05) is 6.07 Å². The maximum absolute atomic E-state index is 10.6. The van der Waals surface area contributed by atoms with Gasteiger partial charge in [0.25, 0.3) is 0 Å². The maximum atomic E-state index is 10.6. The van der Waals surface area contributed by atoms with Crippen LogP contribution in [0.2, 0.25) is 0 Å². The van der Waals surface area contributed by atoms with E-state index in [-0.39, 0.29) is 40.9 Å². The molecule has 0 aromatic heterocycles. The number of para-hydroxylation sites is 1.